The molecule has 0 radical (unpaired) electrons. The Bertz CT molecular complexity index is 736. The summed E-state index contributed by atoms with van der Waals surface area (Å²) in [4.78, 5) is 14.6. The average molecular weight is 362 g/mol. The number of nitrogens with zero attached hydrogens (tertiary/aromatic N) is 1. The average Bonchev–Trinajstić information content (AvgIpc) is 2.58. The molecule has 2 aromatic carbocycles. The summed E-state index contributed by atoms with van der Waals surface area (Å²) in [7, 11) is 0. The monoisotopic (exact) mass is 361 g/mol. The Morgan fingerprint density at radius 3 is 2.84 bits per heavy atom. The zero-order chi connectivity index (χ0) is 16.9. The Labute approximate surface area is 154 Å². The number of rotatable bonds is 5. The molecule has 6 heteroatoms. The predicted molar refractivity (Wildman–Crippen MR) is 105 cm³/mol. The number of fused-ring (bicyclic) bond motifs is 1. The topological polar surface area (TPSA) is 67.6 Å². The number of halogens is 1. The molecule has 0 spiro atoms. The van der Waals surface area contributed by atoms with Crippen LogP contribution in [0.5, 0.6) is 5.75 Å². The molecular weight excluding hydrogens is 338 g/mol. The van der Waals surface area contributed by atoms with Gasteiger partial charge in [0, 0.05) is 17.9 Å². The molecule has 0 bridgehead atoms. The van der Waals surface area contributed by atoms with E-state index in [-0.39, 0.29) is 18.3 Å². The lowest BCUT2D eigenvalue weighted by Gasteiger charge is -2.31. The summed E-state index contributed by atoms with van der Waals surface area (Å²) in [5.74, 6) is 0.633. The van der Waals surface area contributed by atoms with Gasteiger partial charge in [-0.05, 0) is 49.6 Å². The third-order valence-corrected chi connectivity index (χ3v) is 4.18. The van der Waals surface area contributed by atoms with Crippen molar-refractivity contribution < 1.29 is 9.53 Å². The van der Waals surface area contributed by atoms with Gasteiger partial charge in [0.05, 0.1) is 18.8 Å². The van der Waals surface area contributed by atoms with Crippen molar-refractivity contribution in [1.82, 2.24) is 0 Å². The summed E-state index contributed by atoms with van der Waals surface area (Å²) in [6.45, 7) is 3.65. The molecule has 25 heavy (non-hydrogen) atoms. The minimum atomic E-state index is -0.0579. The van der Waals surface area contributed by atoms with Gasteiger partial charge in [0.25, 0.3) is 0 Å². The predicted octanol–water partition coefficient (Wildman–Crippen LogP) is 3.48. The normalized spacial score (nSPS) is 12.8. The van der Waals surface area contributed by atoms with Crippen molar-refractivity contribution in [3.63, 3.8) is 0 Å². The first-order valence-corrected chi connectivity index (χ1v) is 8.33. The van der Waals surface area contributed by atoms with Gasteiger partial charge >= 0.3 is 0 Å². The molecule has 2 aromatic rings. The first-order valence-electron chi connectivity index (χ1n) is 8.33. The number of benzene rings is 2. The molecule has 0 atom stereocenters. The Balaban J connectivity index is 0.00000225. The Morgan fingerprint density at radius 2 is 2.04 bits per heavy atom. The first kappa shape index (κ1) is 18.9. The Morgan fingerprint density at radius 1 is 1.24 bits per heavy atom. The molecule has 0 aromatic heterocycles. The third-order valence-electron chi connectivity index (χ3n) is 4.18. The Kier molecular flexibility index (Phi) is 6.53. The second kappa shape index (κ2) is 8.62. The van der Waals surface area contributed by atoms with Crippen LogP contribution in [0.25, 0.3) is 0 Å². The summed E-state index contributed by atoms with van der Waals surface area (Å²) in [5.41, 5.74) is 9.78. The zero-order valence-electron chi connectivity index (χ0n) is 14.3. The summed E-state index contributed by atoms with van der Waals surface area (Å²) in [6.07, 6.45) is 1.97. The number of hydrogen-bond acceptors (Lipinski definition) is 4. The highest BCUT2D eigenvalue weighted by Crippen LogP contribution is 2.31. The molecule has 1 aliphatic rings. The molecule has 3 N–H and O–H groups in total. The van der Waals surface area contributed by atoms with E-state index in [2.05, 4.69) is 10.2 Å². The van der Waals surface area contributed by atoms with E-state index in [1.807, 2.05) is 49.4 Å². The van der Waals surface area contributed by atoms with Crippen LogP contribution in [0.15, 0.2) is 42.5 Å². The van der Waals surface area contributed by atoms with Crippen LogP contribution in [0, 0.1) is 0 Å². The fraction of sp³-hybridized carbons (Fsp3) is 0.316. The lowest BCUT2D eigenvalue weighted by Crippen LogP contribution is -2.37. The number of nitrogens with two attached hydrogens (primary N) is 1. The molecule has 1 amide bonds. The van der Waals surface area contributed by atoms with Crippen molar-refractivity contribution in [2.75, 3.05) is 35.6 Å². The van der Waals surface area contributed by atoms with Crippen molar-refractivity contribution in [2.24, 2.45) is 0 Å². The number of hydrogen-bond donors (Lipinski definition) is 2. The molecule has 5 nitrogen and oxygen atoms in total. The van der Waals surface area contributed by atoms with Gasteiger partial charge in [0.1, 0.15) is 5.75 Å². The van der Waals surface area contributed by atoms with Crippen LogP contribution in [0.1, 0.15) is 18.9 Å². The van der Waals surface area contributed by atoms with E-state index in [0.29, 0.717) is 24.6 Å². The van der Waals surface area contributed by atoms with E-state index in [4.69, 9.17) is 10.5 Å². The molecule has 1 heterocycles. The maximum Gasteiger partial charge on any atom is 0.243 e. The molecule has 0 aliphatic carbocycles. The van der Waals surface area contributed by atoms with E-state index in [1.54, 1.807) is 0 Å². The van der Waals surface area contributed by atoms with Gasteiger partial charge in [-0.2, -0.15) is 0 Å². The summed E-state index contributed by atoms with van der Waals surface area (Å²) in [6, 6.07) is 13.4. The van der Waals surface area contributed by atoms with Gasteiger partial charge in [-0.25, -0.2) is 0 Å². The lowest BCUT2D eigenvalue weighted by molar-refractivity contribution is -0.115. The van der Waals surface area contributed by atoms with Gasteiger partial charge in [0.2, 0.25) is 5.91 Å². The number of nitrogens with one attached hydrogen (secondary N) is 1. The molecular formula is C19H24ClN3O2. The van der Waals surface area contributed by atoms with Crippen LogP contribution in [0.4, 0.5) is 17.1 Å². The van der Waals surface area contributed by atoms with E-state index < -0.39 is 0 Å². The minimum absolute atomic E-state index is 0. The molecule has 134 valence electrons. The molecule has 0 fully saturated rings. The van der Waals surface area contributed by atoms with Crippen molar-refractivity contribution in [3.05, 3.63) is 48.0 Å². The van der Waals surface area contributed by atoms with E-state index in [0.717, 1.165) is 36.3 Å². The molecule has 0 unspecified atom stereocenters. The van der Waals surface area contributed by atoms with Crippen molar-refractivity contribution in [1.29, 1.82) is 0 Å². The number of para-hydroxylation sites is 2. The summed E-state index contributed by atoms with van der Waals surface area (Å²) >= 11 is 0. The first-order chi connectivity index (χ1) is 11.7. The van der Waals surface area contributed by atoms with Crippen LogP contribution < -0.4 is 20.7 Å². The van der Waals surface area contributed by atoms with Crippen molar-refractivity contribution >= 4 is 35.4 Å². The maximum absolute atomic E-state index is 12.5. The SMILES string of the molecule is CCOc1ccccc1NC(=O)CN1CCCc2c(N)cccc21.Cl. The van der Waals surface area contributed by atoms with E-state index in [9.17, 15) is 4.79 Å². The quantitative estimate of drug-likeness (QED) is 0.800. The fourth-order valence-corrected chi connectivity index (χ4v) is 3.11. The lowest BCUT2D eigenvalue weighted by atomic mass is 10.00. The van der Waals surface area contributed by atoms with E-state index in [1.165, 1.54) is 0 Å². The van der Waals surface area contributed by atoms with Gasteiger partial charge in [0.15, 0.2) is 0 Å². The number of carbonyl (C=O) groups is 1. The van der Waals surface area contributed by atoms with E-state index >= 15 is 0 Å². The maximum atomic E-state index is 12.5. The van der Waals surface area contributed by atoms with Crippen LogP contribution in [0.2, 0.25) is 0 Å². The number of ether oxygens (including phenoxy) is 1. The molecule has 1 aliphatic heterocycles. The number of nitrogen functional groups attached to an aromatic ring is 1. The zero-order valence-corrected chi connectivity index (χ0v) is 15.1. The largest absolute Gasteiger partial charge is 0.492 e. The van der Waals surface area contributed by atoms with Crippen LogP contribution >= 0.6 is 12.4 Å². The second-order valence-corrected chi connectivity index (χ2v) is 5.85. The highest BCUT2D eigenvalue weighted by atomic mass is 35.5. The third kappa shape index (κ3) is 4.37. The number of anilines is 3. The van der Waals surface area contributed by atoms with Crippen LogP contribution in [-0.2, 0) is 11.2 Å². The van der Waals surface area contributed by atoms with Crippen molar-refractivity contribution in [2.45, 2.75) is 19.8 Å². The number of carbonyl (C=O) groups excluding carboxylic acids is 1. The van der Waals surface area contributed by atoms with Gasteiger partial charge in [-0.1, -0.05) is 18.2 Å². The number of amides is 1. The van der Waals surface area contributed by atoms with Gasteiger partial charge in [-0.3, -0.25) is 4.79 Å². The van der Waals surface area contributed by atoms with Crippen LogP contribution in [-0.4, -0.2) is 25.6 Å². The second-order valence-electron chi connectivity index (χ2n) is 5.85. The Hall–Kier alpha value is -2.40. The van der Waals surface area contributed by atoms with Crippen molar-refractivity contribution in [3.8, 4) is 5.75 Å². The molecule has 3 rings (SSSR count). The van der Waals surface area contributed by atoms with Gasteiger partial charge in [-0.15, -0.1) is 12.4 Å². The molecule has 0 saturated heterocycles. The molecule has 0 saturated carbocycles. The van der Waals surface area contributed by atoms with Crippen LogP contribution in [0.3, 0.4) is 0 Å². The standard InChI is InChI=1S/C19H23N3O2.ClH/c1-2-24-18-11-4-3-9-16(18)21-19(23)13-22-12-6-7-14-15(20)8-5-10-17(14)22;/h3-5,8-11H,2,6-7,12-13,20H2,1H3,(H,21,23);1H. The van der Waals surface area contributed by atoms with Gasteiger partial charge < -0.3 is 20.7 Å². The minimum Gasteiger partial charge on any atom is -0.492 e. The highest BCUT2D eigenvalue weighted by Gasteiger charge is 2.20. The highest BCUT2D eigenvalue weighted by molar-refractivity contribution is 5.95. The fourth-order valence-electron chi connectivity index (χ4n) is 3.11. The summed E-state index contributed by atoms with van der Waals surface area (Å²) in [5, 5.41) is 2.95. The smallest absolute Gasteiger partial charge is 0.243 e. The summed E-state index contributed by atoms with van der Waals surface area (Å²) < 4.78 is 5.55.